The summed E-state index contributed by atoms with van der Waals surface area (Å²) in [4.78, 5) is 15.6. The van der Waals surface area contributed by atoms with Gasteiger partial charge in [0.15, 0.2) is 0 Å². The molecule has 0 saturated carbocycles. The highest BCUT2D eigenvalue weighted by atomic mass is 35.5. The molecule has 0 aromatic heterocycles. The molecule has 0 aliphatic carbocycles. The van der Waals surface area contributed by atoms with Crippen molar-refractivity contribution >= 4 is 51.4 Å². The van der Waals surface area contributed by atoms with Gasteiger partial charge in [-0.05, 0) is 60.8 Å². The molecular formula is C16H12Cl3NO. The van der Waals surface area contributed by atoms with E-state index >= 15 is 0 Å². The topological polar surface area (TPSA) is 29.4 Å². The molecule has 108 valence electrons. The van der Waals surface area contributed by atoms with Gasteiger partial charge in [0, 0.05) is 11.3 Å². The molecular weight excluding hydrogens is 329 g/mol. The predicted molar refractivity (Wildman–Crippen MR) is 89.7 cm³/mol. The standard InChI is InChI=1S/C16H12Cl3NO/c1-9-7-13(17)14(18)8-15(9)20-10(2)11-3-5-12(6-4-11)16(19)21/h3-8H,1-2H3. The fraction of sp³-hybridized carbons (Fsp3) is 0.125. The smallest absolute Gasteiger partial charge is 0.252 e. The van der Waals surface area contributed by atoms with Gasteiger partial charge in [-0.25, -0.2) is 0 Å². The minimum absolute atomic E-state index is 0.457. The fourth-order valence-corrected chi connectivity index (χ4v) is 2.35. The second-order valence-electron chi connectivity index (χ2n) is 4.60. The van der Waals surface area contributed by atoms with Gasteiger partial charge in [0.05, 0.1) is 15.7 Å². The quantitative estimate of drug-likeness (QED) is 0.511. The van der Waals surface area contributed by atoms with Crippen molar-refractivity contribution in [1.29, 1.82) is 0 Å². The summed E-state index contributed by atoms with van der Waals surface area (Å²) in [5.74, 6) is 0. The number of aryl methyl sites for hydroxylation is 1. The van der Waals surface area contributed by atoms with E-state index in [9.17, 15) is 4.79 Å². The Morgan fingerprint density at radius 2 is 1.52 bits per heavy atom. The van der Waals surface area contributed by atoms with Gasteiger partial charge in [0.25, 0.3) is 5.24 Å². The van der Waals surface area contributed by atoms with Crippen LogP contribution >= 0.6 is 34.8 Å². The van der Waals surface area contributed by atoms with Crippen LogP contribution in [0, 0.1) is 6.92 Å². The van der Waals surface area contributed by atoms with E-state index in [2.05, 4.69) is 4.99 Å². The first-order chi connectivity index (χ1) is 9.88. The van der Waals surface area contributed by atoms with Crippen LogP contribution in [0.25, 0.3) is 0 Å². The molecule has 0 fully saturated rings. The van der Waals surface area contributed by atoms with E-state index in [-0.39, 0.29) is 0 Å². The maximum atomic E-state index is 11.0. The lowest BCUT2D eigenvalue weighted by Gasteiger charge is -2.06. The van der Waals surface area contributed by atoms with E-state index in [4.69, 9.17) is 34.8 Å². The van der Waals surface area contributed by atoms with Crippen LogP contribution in [0.1, 0.15) is 28.4 Å². The van der Waals surface area contributed by atoms with Crippen LogP contribution in [-0.4, -0.2) is 11.0 Å². The summed E-state index contributed by atoms with van der Waals surface area (Å²) in [5, 5.41) is 0.504. The van der Waals surface area contributed by atoms with Crippen LogP contribution in [0.2, 0.25) is 10.0 Å². The average Bonchev–Trinajstić information content (AvgIpc) is 2.44. The maximum absolute atomic E-state index is 11.0. The van der Waals surface area contributed by atoms with Crippen molar-refractivity contribution in [3.05, 3.63) is 63.1 Å². The molecule has 21 heavy (non-hydrogen) atoms. The van der Waals surface area contributed by atoms with Crippen molar-refractivity contribution in [2.24, 2.45) is 4.99 Å². The largest absolute Gasteiger partial charge is 0.276 e. The van der Waals surface area contributed by atoms with Gasteiger partial charge >= 0.3 is 0 Å². The third-order valence-electron chi connectivity index (χ3n) is 3.06. The van der Waals surface area contributed by atoms with E-state index in [0.29, 0.717) is 15.6 Å². The monoisotopic (exact) mass is 339 g/mol. The molecule has 0 bridgehead atoms. The van der Waals surface area contributed by atoms with Crippen molar-refractivity contribution in [1.82, 2.24) is 0 Å². The van der Waals surface area contributed by atoms with Gasteiger partial charge in [-0.3, -0.25) is 9.79 Å². The summed E-state index contributed by atoms with van der Waals surface area (Å²) >= 11 is 17.4. The molecule has 0 radical (unpaired) electrons. The zero-order valence-electron chi connectivity index (χ0n) is 11.5. The number of carbonyl (C=O) groups excluding carboxylic acids is 1. The number of carbonyl (C=O) groups is 1. The van der Waals surface area contributed by atoms with Crippen molar-refractivity contribution < 1.29 is 4.79 Å². The molecule has 0 atom stereocenters. The van der Waals surface area contributed by atoms with Crippen LogP contribution < -0.4 is 0 Å². The van der Waals surface area contributed by atoms with Gasteiger partial charge in [-0.15, -0.1) is 0 Å². The van der Waals surface area contributed by atoms with Crippen molar-refractivity contribution in [3.63, 3.8) is 0 Å². The summed E-state index contributed by atoms with van der Waals surface area (Å²) in [7, 11) is 0. The molecule has 0 saturated heterocycles. The molecule has 0 N–H and O–H groups in total. The summed E-state index contributed by atoms with van der Waals surface area (Å²) in [6, 6.07) is 10.5. The Morgan fingerprint density at radius 1 is 1.00 bits per heavy atom. The van der Waals surface area contributed by atoms with Crippen molar-refractivity contribution in [3.8, 4) is 0 Å². The molecule has 2 rings (SSSR count). The maximum Gasteiger partial charge on any atom is 0.252 e. The first-order valence-corrected chi connectivity index (χ1v) is 7.33. The number of hydrogen-bond acceptors (Lipinski definition) is 2. The molecule has 0 spiro atoms. The molecule has 2 aromatic rings. The third-order valence-corrected chi connectivity index (χ3v) is 4.00. The Bertz CT molecular complexity index is 721. The first-order valence-electron chi connectivity index (χ1n) is 6.19. The van der Waals surface area contributed by atoms with Crippen LogP contribution in [0.5, 0.6) is 0 Å². The predicted octanol–water partition coefficient (Wildman–Crippen LogP) is 5.82. The number of halogens is 3. The summed E-state index contributed by atoms with van der Waals surface area (Å²) in [5.41, 5.74) is 3.88. The Hall–Kier alpha value is -1.35. The lowest BCUT2D eigenvalue weighted by molar-refractivity contribution is 0.108. The number of rotatable bonds is 3. The molecule has 0 unspecified atom stereocenters. The van der Waals surface area contributed by atoms with Crippen LogP contribution in [0.15, 0.2) is 41.4 Å². The van der Waals surface area contributed by atoms with Gasteiger partial charge in [-0.1, -0.05) is 35.3 Å². The first kappa shape index (κ1) is 16.0. The van der Waals surface area contributed by atoms with Crippen molar-refractivity contribution in [2.75, 3.05) is 0 Å². The van der Waals surface area contributed by atoms with Gasteiger partial charge in [-0.2, -0.15) is 0 Å². The lowest BCUT2D eigenvalue weighted by atomic mass is 10.1. The Balaban J connectivity index is 2.37. The highest BCUT2D eigenvalue weighted by Gasteiger charge is 2.06. The Kier molecular flexibility index (Phi) is 5.04. The number of hydrogen-bond donors (Lipinski definition) is 0. The minimum atomic E-state index is -0.475. The van der Waals surface area contributed by atoms with Gasteiger partial charge in [0.1, 0.15) is 0 Å². The second-order valence-corrected chi connectivity index (χ2v) is 5.76. The average molecular weight is 341 g/mol. The third kappa shape index (κ3) is 3.85. The van der Waals surface area contributed by atoms with E-state index in [1.54, 1.807) is 36.4 Å². The summed E-state index contributed by atoms with van der Waals surface area (Å²) in [6.07, 6.45) is 0. The van der Waals surface area contributed by atoms with E-state index in [0.717, 1.165) is 22.5 Å². The minimum Gasteiger partial charge on any atom is -0.276 e. The molecule has 0 aliphatic rings. The number of benzene rings is 2. The molecule has 5 heteroatoms. The molecule has 2 aromatic carbocycles. The number of aliphatic imine (C=N–C) groups is 1. The Morgan fingerprint density at radius 3 is 2.10 bits per heavy atom. The van der Waals surface area contributed by atoms with E-state index < -0.39 is 5.24 Å². The highest BCUT2D eigenvalue weighted by molar-refractivity contribution is 6.67. The normalized spacial score (nSPS) is 11.6. The molecule has 0 heterocycles. The molecule has 0 aliphatic heterocycles. The molecule has 2 nitrogen and oxygen atoms in total. The van der Waals surface area contributed by atoms with Crippen LogP contribution in [0.4, 0.5) is 5.69 Å². The molecule has 0 amide bonds. The van der Waals surface area contributed by atoms with Crippen molar-refractivity contribution in [2.45, 2.75) is 13.8 Å². The van der Waals surface area contributed by atoms with E-state index in [1.165, 1.54) is 0 Å². The zero-order valence-corrected chi connectivity index (χ0v) is 13.7. The fourth-order valence-electron chi connectivity index (χ4n) is 1.84. The van der Waals surface area contributed by atoms with Crippen LogP contribution in [0.3, 0.4) is 0 Å². The SMILES string of the molecule is CC(=Nc1cc(Cl)c(Cl)cc1C)c1ccc(C(=O)Cl)cc1. The zero-order chi connectivity index (χ0) is 15.6. The highest BCUT2D eigenvalue weighted by Crippen LogP contribution is 2.30. The Labute approximate surface area is 138 Å². The van der Waals surface area contributed by atoms with Gasteiger partial charge in [0.2, 0.25) is 0 Å². The lowest BCUT2D eigenvalue weighted by Crippen LogP contribution is -1.96. The van der Waals surface area contributed by atoms with Gasteiger partial charge < -0.3 is 0 Å². The van der Waals surface area contributed by atoms with E-state index in [1.807, 2.05) is 13.8 Å². The summed E-state index contributed by atoms with van der Waals surface area (Å²) < 4.78 is 0. The summed E-state index contributed by atoms with van der Waals surface area (Å²) in [6.45, 7) is 3.81. The number of nitrogens with zero attached hydrogens (tertiary/aromatic N) is 1. The second kappa shape index (κ2) is 6.61. The van der Waals surface area contributed by atoms with Crippen LogP contribution in [-0.2, 0) is 0 Å².